The number of nitrogens with one attached hydrogen (secondary N) is 2. The molecule has 0 fully saturated rings. The summed E-state index contributed by atoms with van der Waals surface area (Å²) in [4.78, 5) is 19.5. The fourth-order valence-electron chi connectivity index (χ4n) is 9.30. The number of aromatic amines is 2. The number of allylic oxidation sites excluding steroid dienone is 5. The maximum Gasteiger partial charge on any atom is 0.0694 e. The molecule has 2 aromatic heterocycles. The van der Waals surface area contributed by atoms with Gasteiger partial charge in [-0.15, -0.1) is 0 Å². The number of aliphatic imine (C=N–C) groups is 2. The van der Waals surface area contributed by atoms with E-state index in [1.165, 1.54) is 73.0 Å². The molecule has 4 heteroatoms. The number of H-pyrrole nitrogens is 2. The largest absolute Gasteiger partial charge is 0.361 e. The molecule has 0 aromatic carbocycles. The lowest BCUT2D eigenvalue weighted by molar-refractivity contribution is 0.344. The first-order valence-electron chi connectivity index (χ1n) is 19.3. The Bertz CT molecular complexity index is 1760. The van der Waals surface area contributed by atoms with Crippen molar-refractivity contribution in [2.24, 2.45) is 20.8 Å². The van der Waals surface area contributed by atoms with Crippen LogP contribution in [0.5, 0.6) is 0 Å². The predicted octanol–water partition coefficient (Wildman–Crippen LogP) is 12.3. The Morgan fingerprint density at radius 3 is 1.40 bits per heavy atom. The van der Waals surface area contributed by atoms with Crippen LogP contribution in [0.15, 0.2) is 49.7 Å². The number of rotatable bonds is 8. The lowest BCUT2D eigenvalue weighted by atomic mass is 9.72. The van der Waals surface area contributed by atoms with Crippen molar-refractivity contribution in [3.8, 4) is 0 Å². The molecule has 0 radical (unpaired) electrons. The van der Waals surface area contributed by atoms with Crippen molar-refractivity contribution in [3.05, 3.63) is 84.8 Å². The molecular formula is C44H64N4. The summed E-state index contributed by atoms with van der Waals surface area (Å²) in [5, 5.41) is 0. The normalized spacial score (nSPS) is 22.2. The molecule has 0 saturated carbocycles. The van der Waals surface area contributed by atoms with Gasteiger partial charge in [0.15, 0.2) is 0 Å². The zero-order chi connectivity index (χ0) is 35.3. The van der Waals surface area contributed by atoms with E-state index < -0.39 is 0 Å². The van der Waals surface area contributed by atoms with Gasteiger partial charge in [-0.2, -0.15) is 0 Å². The van der Waals surface area contributed by atoms with Crippen LogP contribution in [0.1, 0.15) is 179 Å². The van der Waals surface area contributed by atoms with Gasteiger partial charge in [0.05, 0.1) is 22.8 Å². The minimum absolute atomic E-state index is 0.0168. The minimum Gasteiger partial charge on any atom is -0.361 e. The summed E-state index contributed by atoms with van der Waals surface area (Å²) in [6.45, 7) is 33.1. The van der Waals surface area contributed by atoms with E-state index in [0.29, 0.717) is 0 Å². The molecule has 5 rings (SSSR count). The van der Waals surface area contributed by atoms with Gasteiger partial charge in [0, 0.05) is 34.6 Å². The summed E-state index contributed by atoms with van der Waals surface area (Å²) >= 11 is 0. The highest BCUT2D eigenvalue weighted by molar-refractivity contribution is 6.15. The van der Waals surface area contributed by atoms with Gasteiger partial charge in [-0.25, -0.2) is 4.99 Å². The van der Waals surface area contributed by atoms with Crippen molar-refractivity contribution in [2.45, 2.75) is 160 Å². The quantitative estimate of drug-likeness (QED) is 0.286. The van der Waals surface area contributed by atoms with Crippen LogP contribution in [-0.4, -0.2) is 21.4 Å². The molecular weight excluding hydrogens is 585 g/mol. The summed E-state index contributed by atoms with van der Waals surface area (Å²) in [6.07, 6.45) is 12.6. The van der Waals surface area contributed by atoms with E-state index in [1.54, 1.807) is 0 Å². The summed E-state index contributed by atoms with van der Waals surface area (Å²) < 4.78 is 0. The second-order valence-electron chi connectivity index (χ2n) is 16.2. The molecule has 2 atom stereocenters. The van der Waals surface area contributed by atoms with Gasteiger partial charge in [0.1, 0.15) is 0 Å². The predicted molar refractivity (Wildman–Crippen MR) is 209 cm³/mol. The molecule has 4 nitrogen and oxygen atoms in total. The molecule has 48 heavy (non-hydrogen) atoms. The third kappa shape index (κ3) is 5.90. The van der Waals surface area contributed by atoms with Crippen molar-refractivity contribution in [2.75, 3.05) is 0 Å². The minimum atomic E-state index is -0.0402. The first kappa shape index (κ1) is 36.1. The van der Waals surface area contributed by atoms with E-state index in [4.69, 9.17) is 9.98 Å². The standard InChI is InChI=1S/C44H64N4/c1-15-25-26(16-2)34-24-36-28(18-4)30(20-6)40(47-36)38(44(12,13)14)42-32(22-8)31(21-7)41(48-42)37(43(9,10)11)39-29(19-5)27(17-3)35(46-39)23-33(25)45-34/h23-24,37-38,46,48H,15-22H2,1-14H3/b33-23-,36-24-. The SMILES string of the molecule is CCC1=C(CC)/C2=C/c3[nH]c(c(CC)c3CC)C(C(C)(C)C)c3[nH]c(c(CC)c3CC)C(C(C)(C)C)C3=N/C(=C\C1=N2)C(CC)=C3CC. The van der Waals surface area contributed by atoms with Gasteiger partial charge in [-0.1, -0.05) is 96.9 Å². The van der Waals surface area contributed by atoms with Crippen LogP contribution in [0.2, 0.25) is 0 Å². The van der Waals surface area contributed by atoms with E-state index in [-0.39, 0.29) is 22.7 Å². The molecule has 3 aliphatic heterocycles. The maximum absolute atomic E-state index is 5.66. The van der Waals surface area contributed by atoms with E-state index >= 15 is 0 Å². The van der Waals surface area contributed by atoms with Crippen LogP contribution < -0.4 is 0 Å². The fraction of sp³-hybridized carbons (Fsp3) is 0.591. The van der Waals surface area contributed by atoms with Gasteiger partial charge < -0.3 is 9.97 Å². The van der Waals surface area contributed by atoms with Gasteiger partial charge in [-0.3, -0.25) is 4.99 Å². The summed E-state index contributed by atoms with van der Waals surface area (Å²) in [7, 11) is 0. The Morgan fingerprint density at radius 2 is 0.917 bits per heavy atom. The molecule has 5 heterocycles. The van der Waals surface area contributed by atoms with Gasteiger partial charge in [0.25, 0.3) is 0 Å². The van der Waals surface area contributed by atoms with Gasteiger partial charge in [-0.05, 0) is 119 Å². The third-order valence-electron chi connectivity index (χ3n) is 11.3. The van der Waals surface area contributed by atoms with Gasteiger partial charge in [0.2, 0.25) is 0 Å². The Balaban J connectivity index is 2.01. The highest BCUT2D eigenvalue weighted by atomic mass is 14.9. The Kier molecular flexibility index (Phi) is 10.3. The van der Waals surface area contributed by atoms with E-state index in [2.05, 4.69) is 119 Å². The van der Waals surface area contributed by atoms with Crippen molar-refractivity contribution in [1.29, 1.82) is 0 Å². The highest BCUT2D eigenvalue weighted by Crippen LogP contribution is 2.50. The van der Waals surface area contributed by atoms with E-state index in [0.717, 1.165) is 68.5 Å². The highest BCUT2D eigenvalue weighted by Gasteiger charge is 2.42. The van der Waals surface area contributed by atoms with Crippen molar-refractivity contribution >= 4 is 17.5 Å². The molecule has 2 unspecified atom stereocenters. The zero-order valence-electron chi connectivity index (χ0n) is 32.9. The van der Waals surface area contributed by atoms with Crippen molar-refractivity contribution < 1.29 is 0 Å². The van der Waals surface area contributed by atoms with Crippen LogP contribution in [0, 0.1) is 10.8 Å². The number of aromatic nitrogens is 2. The molecule has 260 valence electrons. The Labute approximate surface area is 292 Å². The summed E-state index contributed by atoms with van der Waals surface area (Å²) in [5.41, 5.74) is 21.4. The number of fused-ring (bicyclic) bond motifs is 6. The van der Waals surface area contributed by atoms with Crippen LogP contribution in [-0.2, 0) is 25.7 Å². The van der Waals surface area contributed by atoms with Crippen LogP contribution in [0.3, 0.4) is 0 Å². The number of hydrogen-bond acceptors (Lipinski definition) is 2. The molecule has 0 saturated heterocycles. The number of hydrogen-bond donors (Lipinski definition) is 2. The number of nitrogens with zero attached hydrogens (tertiary/aromatic N) is 2. The van der Waals surface area contributed by atoms with Crippen molar-refractivity contribution in [1.82, 2.24) is 9.97 Å². The smallest absolute Gasteiger partial charge is 0.0694 e. The average molecular weight is 649 g/mol. The second kappa shape index (κ2) is 13.6. The van der Waals surface area contributed by atoms with E-state index in [9.17, 15) is 0 Å². The molecule has 2 N–H and O–H groups in total. The van der Waals surface area contributed by atoms with Crippen LogP contribution in [0.4, 0.5) is 0 Å². The van der Waals surface area contributed by atoms with Crippen molar-refractivity contribution in [3.63, 3.8) is 0 Å². The Hall–Kier alpha value is -3.14. The lowest BCUT2D eigenvalue weighted by Crippen LogP contribution is -2.28. The lowest BCUT2D eigenvalue weighted by Gasteiger charge is -2.33. The second-order valence-corrected chi connectivity index (χ2v) is 16.2. The fourth-order valence-corrected chi connectivity index (χ4v) is 9.30. The van der Waals surface area contributed by atoms with E-state index in [1.807, 2.05) is 0 Å². The monoisotopic (exact) mass is 649 g/mol. The van der Waals surface area contributed by atoms with Crippen LogP contribution in [0.25, 0.3) is 6.08 Å². The van der Waals surface area contributed by atoms with Crippen LogP contribution >= 0.6 is 0 Å². The molecule has 0 aliphatic carbocycles. The van der Waals surface area contributed by atoms with Gasteiger partial charge >= 0.3 is 0 Å². The zero-order valence-corrected chi connectivity index (χ0v) is 32.9. The molecule has 3 aliphatic rings. The summed E-state index contributed by atoms with van der Waals surface area (Å²) in [5.74, 6) is 0.336. The third-order valence-corrected chi connectivity index (χ3v) is 11.3. The molecule has 0 amide bonds. The molecule has 0 spiro atoms. The first-order valence-corrected chi connectivity index (χ1v) is 19.3. The Morgan fingerprint density at radius 1 is 0.479 bits per heavy atom. The molecule has 2 aromatic rings. The summed E-state index contributed by atoms with van der Waals surface area (Å²) in [6, 6.07) is 0. The maximum atomic E-state index is 5.66. The molecule has 8 bridgehead atoms. The average Bonchev–Trinajstić information content (AvgIpc) is 3.75. The topological polar surface area (TPSA) is 56.3 Å². The first-order chi connectivity index (χ1) is 22.7.